The molecule has 8 heteroatoms. The van der Waals surface area contributed by atoms with Crippen molar-refractivity contribution in [3.8, 4) is 0 Å². The number of alkyl halides is 2. The van der Waals surface area contributed by atoms with Gasteiger partial charge in [-0.25, -0.2) is 17.8 Å². The highest BCUT2D eigenvalue weighted by atomic mass is 32.2. The molecule has 2 atom stereocenters. The first-order chi connectivity index (χ1) is 9.29. The van der Waals surface area contributed by atoms with Crippen molar-refractivity contribution in [3.63, 3.8) is 0 Å². The summed E-state index contributed by atoms with van der Waals surface area (Å²) in [4.78, 5) is 11.0. The third-order valence-corrected chi connectivity index (χ3v) is 4.09. The van der Waals surface area contributed by atoms with Gasteiger partial charge in [0.05, 0.1) is 12.6 Å². The molecule has 1 saturated heterocycles. The fourth-order valence-electron chi connectivity index (χ4n) is 1.95. The van der Waals surface area contributed by atoms with Gasteiger partial charge in [0.1, 0.15) is 0 Å². The van der Waals surface area contributed by atoms with Crippen molar-refractivity contribution >= 4 is 17.4 Å². The number of carboxylic acid groups (broad SMARTS) is 1. The van der Waals surface area contributed by atoms with Crippen LogP contribution in [-0.2, 0) is 27.8 Å². The van der Waals surface area contributed by atoms with Crippen molar-refractivity contribution in [3.05, 3.63) is 35.4 Å². The zero-order valence-electron chi connectivity index (χ0n) is 10.6. The molecule has 20 heavy (non-hydrogen) atoms. The van der Waals surface area contributed by atoms with Crippen molar-refractivity contribution in [2.24, 2.45) is 0 Å². The van der Waals surface area contributed by atoms with E-state index >= 15 is 0 Å². The molecule has 1 aliphatic rings. The summed E-state index contributed by atoms with van der Waals surface area (Å²) in [6, 6.07) is 5.03. The molecule has 1 heterocycles. The van der Waals surface area contributed by atoms with E-state index in [9.17, 15) is 17.8 Å². The molecule has 0 aromatic heterocycles. The Hall–Kier alpha value is -1.54. The van der Waals surface area contributed by atoms with Crippen molar-refractivity contribution in [2.75, 3.05) is 6.61 Å². The number of halogens is 2. The van der Waals surface area contributed by atoms with E-state index in [4.69, 9.17) is 9.29 Å². The van der Waals surface area contributed by atoms with Gasteiger partial charge in [0, 0.05) is 12.5 Å². The fourth-order valence-corrected chi connectivity index (χ4v) is 2.84. The molecule has 0 radical (unpaired) electrons. The minimum absolute atomic E-state index is 0.0185. The highest BCUT2D eigenvalue weighted by Crippen LogP contribution is 2.27. The maximum absolute atomic E-state index is 13.1. The second-order valence-corrected chi connectivity index (χ2v) is 5.62. The smallest absolute Gasteiger partial charge is 0.421 e. The summed E-state index contributed by atoms with van der Waals surface area (Å²) in [5, 5.41) is 8.94. The summed E-state index contributed by atoms with van der Waals surface area (Å²) in [7, 11) is 0. The van der Waals surface area contributed by atoms with Gasteiger partial charge in [-0.05, 0) is 12.0 Å². The molecule has 1 fully saturated rings. The SMILES string of the molecule is CC(F)(F)c1ccc(C[C@H]2COS(=O)N2C(=O)O)cc1. The maximum atomic E-state index is 13.1. The second-order valence-electron chi connectivity index (χ2n) is 4.55. The van der Waals surface area contributed by atoms with Gasteiger partial charge >= 0.3 is 6.09 Å². The lowest BCUT2D eigenvalue weighted by Gasteiger charge is -2.17. The normalized spacial score (nSPS) is 23.1. The third-order valence-electron chi connectivity index (χ3n) is 2.97. The van der Waals surface area contributed by atoms with Crippen molar-refractivity contribution in [1.29, 1.82) is 0 Å². The van der Waals surface area contributed by atoms with Crippen LogP contribution in [-0.4, -0.2) is 32.4 Å². The zero-order valence-corrected chi connectivity index (χ0v) is 11.4. The van der Waals surface area contributed by atoms with Gasteiger partial charge in [0.2, 0.25) is 0 Å². The second kappa shape index (κ2) is 5.45. The number of hydrogen-bond donors (Lipinski definition) is 1. The molecule has 0 bridgehead atoms. The van der Waals surface area contributed by atoms with E-state index < -0.39 is 29.3 Å². The number of carbonyl (C=O) groups is 1. The number of rotatable bonds is 3. The van der Waals surface area contributed by atoms with Gasteiger partial charge in [0.15, 0.2) is 0 Å². The Morgan fingerprint density at radius 2 is 2.10 bits per heavy atom. The molecule has 1 aliphatic heterocycles. The summed E-state index contributed by atoms with van der Waals surface area (Å²) in [6.45, 7) is 0.826. The van der Waals surface area contributed by atoms with Crippen LogP contribution >= 0.6 is 0 Å². The fraction of sp³-hybridized carbons (Fsp3) is 0.417. The molecule has 0 spiro atoms. The molecule has 0 aliphatic carbocycles. The number of nitrogens with zero attached hydrogens (tertiary/aromatic N) is 1. The molecule has 1 unspecified atom stereocenters. The minimum atomic E-state index is -2.91. The van der Waals surface area contributed by atoms with Crippen LogP contribution in [0.25, 0.3) is 0 Å². The Kier molecular flexibility index (Phi) is 4.05. The van der Waals surface area contributed by atoms with Crippen LogP contribution in [0.1, 0.15) is 18.1 Å². The van der Waals surface area contributed by atoms with Gasteiger partial charge in [-0.1, -0.05) is 24.3 Å². The lowest BCUT2D eigenvalue weighted by Crippen LogP contribution is -2.37. The van der Waals surface area contributed by atoms with Gasteiger partial charge in [-0.3, -0.25) is 4.18 Å². The molecule has 0 saturated carbocycles. The average Bonchev–Trinajstić information content (AvgIpc) is 2.70. The van der Waals surface area contributed by atoms with Crippen molar-refractivity contribution in [2.45, 2.75) is 25.3 Å². The Morgan fingerprint density at radius 1 is 1.50 bits per heavy atom. The quantitative estimate of drug-likeness (QED) is 0.930. The molecule has 1 N–H and O–H groups in total. The van der Waals surface area contributed by atoms with E-state index in [2.05, 4.69) is 0 Å². The highest BCUT2D eigenvalue weighted by Gasteiger charge is 2.36. The highest BCUT2D eigenvalue weighted by molar-refractivity contribution is 7.78. The van der Waals surface area contributed by atoms with E-state index in [1.54, 1.807) is 0 Å². The lowest BCUT2D eigenvalue weighted by atomic mass is 10.0. The van der Waals surface area contributed by atoms with E-state index in [1.807, 2.05) is 0 Å². The molecule has 1 aromatic rings. The number of benzene rings is 1. The molecule has 5 nitrogen and oxygen atoms in total. The molecule has 1 aromatic carbocycles. The van der Waals surface area contributed by atoms with Gasteiger partial charge < -0.3 is 5.11 Å². The largest absolute Gasteiger partial charge is 0.464 e. The standard InChI is InChI=1S/C12H13F2NO4S/c1-12(13,14)9-4-2-8(3-5-9)6-10-7-19-20(18)15(10)11(16)17/h2-5,10H,6-7H2,1H3,(H,16,17)/t10-,20?/m0/s1. The van der Waals surface area contributed by atoms with Crippen LogP contribution in [0.4, 0.5) is 13.6 Å². The summed E-state index contributed by atoms with van der Waals surface area (Å²) < 4.78 is 43.0. The number of hydrogen-bond acceptors (Lipinski definition) is 3. The topological polar surface area (TPSA) is 66.8 Å². The molecule has 1 amide bonds. The summed E-state index contributed by atoms with van der Waals surface area (Å²) >= 11 is -2.00. The first kappa shape index (κ1) is 14.9. The van der Waals surface area contributed by atoms with Crippen LogP contribution < -0.4 is 0 Å². The van der Waals surface area contributed by atoms with E-state index in [1.165, 1.54) is 24.3 Å². The third kappa shape index (κ3) is 3.13. The Bertz CT molecular complexity index is 529. The summed E-state index contributed by atoms with van der Waals surface area (Å²) in [5.74, 6) is -2.91. The Labute approximate surface area is 116 Å². The Morgan fingerprint density at radius 3 is 2.60 bits per heavy atom. The van der Waals surface area contributed by atoms with Crippen molar-refractivity contribution in [1.82, 2.24) is 4.31 Å². The van der Waals surface area contributed by atoms with Gasteiger partial charge in [-0.2, -0.15) is 4.31 Å². The van der Waals surface area contributed by atoms with Crippen LogP contribution in [0.15, 0.2) is 24.3 Å². The summed E-state index contributed by atoms with van der Waals surface area (Å²) in [5.41, 5.74) is 0.569. The van der Waals surface area contributed by atoms with Gasteiger partial charge in [-0.15, -0.1) is 0 Å². The first-order valence-corrected chi connectivity index (χ1v) is 6.87. The zero-order chi connectivity index (χ0) is 14.9. The van der Waals surface area contributed by atoms with Crippen LogP contribution in [0.3, 0.4) is 0 Å². The number of amides is 1. The molecule has 2 rings (SSSR count). The molecular weight excluding hydrogens is 292 g/mol. The van der Waals surface area contributed by atoms with Crippen LogP contribution in [0.5, 0.6) is 0 Å². The molecule has 110 valence electrons. The van der Waals surface area contributed by atoms with Crippen LogP contribution in [0, 0.1) is 0 Å². The van der Waals surface area contributed by atoms with Crippen LogP contribution in [0.2, 0.25) is 0 Å². The van der Waals surface area contributed by atoms with Gasteiger partial charge in [0.25, 0.3) is 17.2 Å². The summed E-state index contributed by atoms with van der Waals surface area (Å²) in [6.07, 6.45) is -1.07. The monoisotopic (exact) mass is 305 g/mol. The predicted molar refractivity (Wildman–Crippen MR) is 67.5 cm³/mol. The predicted octanol–water partition coefficient (Wildman–Crippen LogP) is 2.30. The van der Waals surface area contributed by atoms with E-state index in [0.717, 1.165) is 11.2 Å². The average molecular weight is 305 g/mol. The van der Waals surface area contributed by atoms with E-state index in [0.29, 0.717) is 5.56 Å². The Balaban J connectivity index is 2.11. The maximum Gasteiger partial charge on any atom is 0.421 e. The van der Waals surface area contributed by atoms with E-state index in [-0.39, 0.29) is 18.6 Å². The minimum Gasteiger partial charge on any atom is -0.464 e. The first-order valence-electron chi connectivity index (χ1n) is 5.83. The van der Waals surface area contributed by atoms with Crippen molar-refractivity contribution < 1.29 is 27.1 Å². The lowest BCUT2D eigenvalue weighted by molar-refractivity contribution is 0.0174. The molecular formula is C12H13F2NO4S.